The summed E-state index contributed by atoms with van der Waals surface area (Å²) in [5, 5.41) is 4.04. The van der Waals surface area contributed by atoms with Gasteiger partial charge in [-0.1, -0.05) is 23.4 Å². The molecule has 0 bridgehead atoms. The highest BCUT2D eigenvalue weighted by atomic mass is 19.1. The van der Waals surface area contributed by atoms with Crippen molar-refractivity contribution in [1.29, 1.82) is 0 Å². The zero-order valence-corrected chi connectivity index (χ0v) is 15.0. The van der Waals surface area contributed by atoms with Crippen LogP contribution in [0.25, 0.3) is 17.0 Å². The number of fused-ring (bicyclic) bond motifs is 1. The summed E-state index contributed by atoms with van der Waals surface area (Å²) in [5.41, 5.74) is 5.50. The molecule has 136 valence electrons. The van der Waals surface area contributed by atoms with Crippen LogP contribution in [0.3, 0.4) is 0 Å². The van der Waals surface area contributed by atoms with E-state index in [0.29, 0.717) is 18.1 Å². The quantitative estimate of drug-likeness (QED) is 0.531. The number of nitrogens with zero attached hydrogens (tertiary/aromatic N) is 4. The SMILES string of the molecule is Cc1ccc(-c2noc([C@H]3C[C@@H]3F)n2)cc1CCc1cnc2ccccn12. The van der Waals surface area contributed by atoms with Crippen LogP contribution in [0.4, 0.5) is 4.39 Å². The van der Waals surface area contributed by atoms with Gasteiger partial charge in [-0.25, -0.2) is 9.37 Å². The second kappa shape index (κ2) is 6.30. The van der Waals surface area contributed by atoms with E-state index in [9.17, 15) is 4.39 Å². The molecule has 3 aromatic heterocycles. The molecule has 2 atom stereocenters. The van der Waals surface area contributed by atoms with Gasteiger partial charge in [0.05, 0.1) is 5.92 Å². The lowest BCUT2D eigenvalue weighted by atomic mass is 10.00. The summed E-state index contributed by atoms with van der Waals surface area (Å²) < 4.78 is 20.6. The Labute approximate surface area is 155 Å². The average Bonchev–Trinajstić information content (AvgIpc) is 3.10. The standard InChI is InChI=1S/C21H19FN4O/c1-13-5-6-15(20-24-21(27-25-20)17-11-18(17)22)10-14(13)7-8-16-12-23-19-4-2-3-9-26(16)19/h2-6,9-10,12,17-18H,7-8,11H2,1H3/t17-,18-/m0/s1. The van der Waals surface area contributed by atoms with E-state index < -0.39 is 6.17 Å². The molecular formula is C21H19FN4O. The lowest BCUT2D eigenvalue weighted by molar-refractivity contribution is 0.363. The molecule has 5 rings (SSSR count). The monoisotopic (exact) mass is 362 g/mol. The molecule has 0 spiro atoms. The third-order valence-corrected chi connectivity index (χ3v) is 5.22. The second-order valence-electron chi connectivity index (χ2n) is 7.13. The van der Waals surface area contributed by atoms with Gasteiger partial charge in [0, 0.05) is 23.7 Å². The van der Waals surface area contributed by atoms with Crippen LogP contribution in [-0.4, -0.2) is 25.7 Å². The van der Waals surface area contributed by atoms with Crippen LogP contribution in [0.15, 0.2) is 53.3 Å². The molecule has 27 heavy (non-hydrogen) atoms. The molecule has 0 unspecified atom stereocenters. The first-order valence-corrected chi connectivity index (χ1v) is 9.17. The van der Waals surface area contributed by atoms with Crippen molar-refractivity contribution in [2.75, 3.05) is 0 Å². The van der Waals surface area contributed by atoms with Gasteiger partial charge in [0.1, 0.15) is 11.8 Å². The maximum Gasteiger partial charge on any atom is 0.233 e. The van der Waals surface area contributed by atoms with Gasteiger partial charge in [0.25, 0.3) is 0 Å². The minimum atomic E-state index is -0.836. The Kier molecular flexibility index (Phi) is 3.77. The molecule has 1 aromatic carbocycles. The number of aryl methyl sites for hydroxylation is 3. The molecule has 6 heteroatoms. The molecule has 4 aromatic rings. The minimum Gasteiger partial charge on any atom is -0.339 e. The number of alkyl halides is 1. The van der Waals surface area contributed by atoms with Gasteiger partial charge in [-0.2, -0.15) is 4.98 Å². The van der Waals surface area contributed by atoms with E-state index in [-0.39, 0.29) is 5.92 Å². The molecular weight excluding hydrogens is 343 g/mol. The highest BCUT2D eigenvalue weighted by Crippen LogP contribution is 2.43. The lowest BCUT2D eigenvalue weighted by Gasteiger charge is -2.07. The fourth-order valence-electron chi connectivity index (χ4n) is 3.44. The Hall–Kier alpha value is -3.02. The fourth-order valence-corrected chi connectivity index (χ4v) is 3.44. The van der Waals surface area contributed by atoms with Crippen molar-refractivity contribution >= 4 is 5.65 Å². The van der Waals surface area contributed by atoms with Gasteiger partial charge in [-0.15, -0.1) is 0 Å². The smallest absolute Gasteiger partial charge is 0.233 e. The molecule has 1 fully saturated rings. The summed E-state index contributed by atoms with van der Waals surface area (Å²) in [6, 6.07) is 12.2. The van der Waals surface area contributed by atoms with Crippen molar-refractivity contribution in [3.63, 3.8) is 0 Å². The Morgan fingerprint density at radius 2 is 2.11 bits per heavy atom. The Morgan fingerprint density at radius 3 is 2.96 bits per heavy atom. The lowest BCUT2D eigenvalue weighted by Crippen LogP contribution is -1.98. The normalized spacial score (nSPS) is 18.9. The molecule has 0 radical (unpaired) electrons. The summed E-state index contributed by atoms with van der Waals surface area (Å²) in [6.07, 6.45) is 5.40. The van der Waals surface area contributed by atoms with Crippen LogP contribution in [-0.2, 0) is 12.8 Å². The van der Waals surface area contributed by atoms with Crippen LogP contribution < -0.4 is 0 Å². The summed E-state index contributed by atoms with van der Waals surface area (Å²) in [7, 11) is 0. The van der Waals surface area contributed by atoms with E-state index in [0.717, 1.165) is 24.1 Å². The zero-order valence-electron chi connectivity index (χ0n) is 15.0. The Bertz CT molecular complexity index is 1120. The maximum atomic E-state index is 13.2. The molecule has 1 aliphatic carbocycles. The molecule has 0 N–H and O–H groups in total. The van der Waals surface area contributed by atoms with Crippen LogP contribution in [0.2, 0.25) is 0 Å². The van der Waals surface area contributed by atoms with Gasteiger partial charge in [0.15, 0.2) is 0 Å². The second-order valence-corrected chi connectivity index (χ2v) is 7.13. The largest absolute Gasteiger partial charge is 0.339 e. The van der Waals surface area contributed by atoms with E-state index in [1.807, 2.05) is 36.7 Å². The van der Waals surface area contributed by atoms with Crippen LogP contribution in [0.5, 0.6) is 0 Å². The number of imidazole rings is 1. The molecule has 5 nitrogen and oxygen atoms in total. The van der Waals surface area contributed by atoms with E-state index in [2.05, 4.69) is 38.6 Å². The Morgan fingerprint density at radius 1 is 1.22 bits per heavy atom. The molecule has 0 saturated heterocycles. The van der Waals surface area contributed by atoms with Crippen LogP contribution >= 0.6 is 0 Å². The third-order valence-electron chi connectivity index (χ3n) is 5.22. The van der Waals surface area contributed by atoms with Crippen molar-refractivity contribution in [3.05, 3.63) is 71.5 Å². The first kappa shape index (κ1) is 16.2. The van der Waals surface area contributed by atoms with Crippen molar-refractivity contribution in [2.24, 2.45) is 0 Å². The van der Waals surface area contributed by atoms with Crippen molar-refractivity contribution in [3.8, 4) is 11.4 Å². The maximum absolute atomic E-state index is 13.2. The zero-order chi connectivity index (χ0) is 18.4. The first-order valence-electron chi connectivity index (χ1n) is 9.17. The van der Waals surface area contributed by atoms with Crippen LogP contribution in [0, 0.1) is 6.92 Å². The fraction of sp³-hybridized carbons (Fsp3) is 0.286. The van der Waals surface area contributed by atoms with Gasteiger partial charge in [-0.05, 0) is 55.5 Å². The molecule has 3 heterocycles. The predicted molar refractivity (Wildman–Crippen MR) is 99.3 cm³/mol. The first-order chi connectivity index (χ1) is 13.2. The number of halogens is 1. The van der Waals surface area contributed by atoms with E-state index in [4.69, 9.17) is 4.52 Å². The van der Waals surface area contributed by atoms with E-state index >= 15 is 0 Å². The van der Waals surface area contributed by atoms with Gasteiger partial charge in [-0.3, -0.25) is 0 Å². The van der Waals surface area contributed by atoms with Crippen molar-refractivity contribution in [1.82, 2.24) is 19.5 Å². The molecule has 0 aliphatic heterocycles. The summed E-state index contributed by atoms with van der Waals surface area (Å²) in [5.74, 6) is 0.719. The highest BCUT2D eigenvalue weighted by Gasteiger charge is 2.43. The highest BCUT2D eigenvalue weighted by molar-refractivity contribution is 5.57. The topological polar surface area (TPSA) is 56.2 Å². The van der Waals surface area contributed by atoms with Crippen molar-refractivity contribution in [2.45, 2.75) is 38.3 Å². The summed E-state index contributed by atoms with van der Waals surface area (Å²) in [6.45, 7) is 2.10. The molecule has 0 amide bonds. The number of benzene rings is 1. The minimum absolute atomic E-state index is 0.216. The number of hydrogen-bond acceptors (Lipinski definition) is 4. The number of rotatable bonds is 5. The van der Waals surface area contributed by atoms with Crippen LogP contribution in [0.1, 0.15) is 35.1 Å². The summed E-state index contributed by atoms with van der Waals surface area (Å²) in [4.78, 5) is 8.83. The molecule has 1 saturated carbocycles. The number of pyridine rings is 1. The predicted octanol–water partition coefficient (Wildman–Crippen LogP) is 4.30. The number of aromatic nitrogens is 4. The summed E-state index contributed by atoms with van der Waals surface area (Å²) >= 11 is 0. The van der Waals surface area contributed by atoms with Gasteiger partial charge < -0.3 is 8.92 Å². The average molecular weight is 362 g/mol. The van der Waals surface area contributed by atoms with Gasteiger partial charge >= 0.3 is 0 Å². The van der Waals surface area contributed by atoms with E-state index in [1.165, 1.54) is 16.8 Å². The number of hydrogen-bond donors (Lipinski definition) is 0. The Balaban J connectivity index is 1.38. The van der Waals surface area contributed by atoms with Gasteiger partial charge in [0.2, 0.25) is 11.7 Å². The van der Waals surface area contributed by atoms with Crippen molar-refractivity contribution < 1.29 is 8.91 Å². The third kappa shape index (κ3) is 3.01. The van der Waals surface area contributed by atoms with E-state index in [1.54, 1.807) is 0 Å². The molecule has 1 aliphatic rings.